The van der Waals surface area contributed by atoms with E-state index in [-0.39, 0.29) is 13.0 Å². The summed E-state index contributed by atoms with van der Waals surface area (Å²) in [5.74, 6) is -0.545. The maximum atomic E-state index is 12.1. The Morgan fingerprint density at radius 1 is 1.14 bits per heavy atom. The van der Waals surface area contributed by atoms with Gasteiger partial charge in [-0.05, 0) is 49.6 Å². The molecule has 0 spiro atoms. The average molecular weight is 386 g/mol. The van der Waals surface area contributed by atoms with Gasteiger partial charge in [0.2, 0.25) is 0 Å². The lowest BCUT2D eigenvalue weighted by Gasteiger charge is -2.22. The van der Waals surface area contributed by atoms with Crippen molar-refractivity contribution in [2.45, 2.75) is 45.4 Å². The van der Waals surface area contributed by atoms with Crippen molar-refractivity contribution >= 4 is 12.1 Å². The van der Waals surface area contributed by atoms with E-state index in [9.17, 15) is 14.7 Å². The second-order valence-corrected chi connectivity index (χ2v) is 7.32. The number of aromatic nitrogens is 1. The first-order valence-electron chi connectivity index (χ1n) is 8.94. The molecule has 0 saturated carbocycles. The van der Waals surface area contributed by atoms with Gasteiger partial charge in [-0.15, -0.1) is 0 Å². The highest BCUT2D eigenvalue weighted by molar-refractivity contribution is 5.81. The van der Waals surface area contributed by atoms with Gasteiger partial charge in [-0.2, -0.15) is 0 Å². The fourth-order valence-electron chi connectivity index (χ4n) is 2.60. The SMILES string of the molecule is COC(=O)[C@H](Cc1ccc(-c2ccnc(CO)c2)cc1)NC(=O)OC(C)(C)C. The number of hydrogen-bond donors (Lipinski definition) is 2. The molecule has 28 heavy (non-hydrogen) atoms. The largest absolute Gasteiger partial charge is 0.467 e. The van der Waals surface area contributed by atoms with Crippen LogP contribution >= 0.6 is 0 Å². The summed E-state index contributed by atoms with van der Waals surface area (Å²) < 4.78 is 10.0. The van der Waals surface area contributed by atoms with Crippen molar-refractivity contribution in [3.63, 3.8) is 0 Å². The van der Waals surface area contributed by atoms with Crippen molar-refractivity contribution in [1.29, 1.82) is 0 Å². The molecule has 7 heteroatoms. The zero-order valence-corrected chi connectivity index (χ0v) is 16.6. The highest BCUT2D eigenvalue weighted by Gasteiger charge is 2.25. The third-order valence-electron chi connectivity index (χ3n) is 3.88. The predicted molar refractivity (Wildman–Crippen MR) is 104 cm³/mol. The van der Waals surface area contributed by atoms with E-state index in [1.165, 1.54) is 7.11 Å². The van der Waals surface area contributed by atoms with Crippen molar-refractivity contribution < 1.29 is 24.2 Å². The van der Waals surface area contributed by atoms with Gasteiger partial charge in [0.1, 0.15) is 11.6 Å². The number of methoxy groups -OCH3 is 1. The number of ether oxygens (including phenoxy) is 2. The molecule has 0 fully saturated rings. The molecule has 0 radical (unpaired) electrons. The number of esters is 1. The number of rotatable bonds is 6. The van der Waals surface area contributed by atoms with Crippen molar-refractivity contribution in [3.05, 3.63) is 53.9 Å². The molecule has 2 N–H and O–H groups in total. The van der Waals surface area contributed by atoms with Gasteiger partial charge in [0.25, 0.3) is 0 Å². The van der Waals surface area contributed by atoms with Gasteiger partial charge in [-0.1, -0.05) is 24.3 Å². The van der Waals surface area contributed by atoms with Crippen LogP contribution in [0, 0.1) is 0 Å². The summed E-state index contributed by atoms with van der Waals surface area (Å²) in [6.07, 6.45) is 1.24. The third-order valence-corrected chi connectivity index (χ3v) is 3.88. The Bertz CT molecular complexity index is 812. The van der Waals surface area contributed by atoms with Gasteiger partial charge in [0.05, 0.1) is 19.4 Å². The highest BCUT2D eigenvalue weighted by atomic mass is 16.6. The van der Waals surface area contributed by atoms with Crippen LogP contribution in [0.1, 0.15) is 32.0 Å². The number of amides is 1. The van der Waals surface area contributed by atoms with E-state index in [0.717, 1.165) is 16.7 Å². The number of carbonyl (C=O) groups excluding carboxylic acids is 2. The maximum absolute atomic E-state index is 12.1. The molecule has 1 amide bonds. The molecule has 2 aromatic rings. The Hall–Kier alpha value is -2.93. The fraction of sp³-hybridized carbons (Fsp3) is 0.381. The number of pyridine rings is 1. The molecule has 0 unspecified atom stereocenters. The van der Waals surface area contributed by atoms with Crippen LogP contribution in [0.3, 0.4) is 0 Å². The minimum absolute atomic E-state index is 0.122. The van der Waals surface area contributed by atoms with Gasteiger partial charge in [-0.3, -0.25) is 4.98 Å². The number of hydrogen-bond acceptors (Lipinski definition) is 6. The fourth-order valence-corrected chi connectivity index (χ4v) is 2.60. The number of alkyl carbamates (subject to hydrolysis) is 1. The molecule has 150 valence electrons. The number of carbonyl (C=O) groups is 2. The molecular weight excluding hydrogens is 360 g/mol. The van der Waals surface area contributed by atoms with Gasteiger partial charge in [-0.25, -0.2) is 9.59 Å². The molecule has 1 atom stereocenters. The Balaban J connectivity index is 2.11. The quantitative estimate of drug-likeness (QED) is 0.741. The van der Waals surface area contributed by atoms with Crippen molar-refractivity contribution in [3.8, 4) is 11.1 Å². The van der Waals surface area contributed by atoms with E-state index in [4.69, 9.17) is 9.47 Å². The maximum Gasteiger partial charge on any atom is 0.408 e. The summed E-state index contributed by atoms with van der Waals surface area (Å²) in [6, 6.07) is 10.4. The monoisotopic (exact) mass is 386 g/mol. The van der Waals surface area contributed by atoms with Crippen LogP contribution in [0.15, 0.2) is 42.6 Å². The second-order valence-electron chi connectivity index (χ2n) is 7.32. The Labute approximate surface area is 164 Å². The smallest absolute Gasteiger partial charge is 0.408 e. The minimum atomic E-state index is -0.854. The minimum Gasteiger partial charge on any atom is -0.467 e. The number of aliphatic hydroxyl groups excluding tert-OH is 1. The van der Waals surface area contributed by atoms with E-state index in [1.54, 1.807) is 27.0 Å². The molecule has 0 bridgehead atoms. The molecule has 1 aromatic heterocycles. The number of nitrogens with zero attached hydrogens (tertiary/aromatic N) is 1. The van der Waals surface area contributed by atoms with Gasteiger partial charge in [0, 0.05) is 12.6 Å². The Morgan fingerprint density at radius 2 is 1.82 bits per heavy atom. The topological polar surface area (TPSA) is 97.8 Å². The molecule has 7 nitrogen and oxygen atoms in total. The summed E-state index contributed by atoms with van der Waals surface area (Å²) in [4.78, 5) is 28.1. The van der Waals surface area contributed by atoms with E-state index in [0.29, 0.717) is 5.69 Å². The Kier molecular flexibility index (Phi) is 7.12. The summed E-state index contributed by atoms with van der Waals surface area (Å²) >= 11 is 0. The summed E-state index contributed by atoms with van der Waals surface area (Å²) in [6.45, 7) is 5.13. The van der Waals surface area contributed by atoms with Crippen LogP contribution in [0.5, 0.6) is 0 Å². The van der Waals surface area contributed by atoms with E-state index < -0.39 is 23.7 Å². The molecule has 1 heterocycles. The molecule has 0 aliphatic rings. The molecule has 0 aliphatic carbocycles. The van der Waals surface area contributed by atoms with E-state index >= 15 is 0 Å². The van der Waals surface area contributed by atoms with Crippen LogP contribution < -0.4 is 5.32 Å². The zero-order valence-electron chi connectivity index (χ0n) is 16.6. The lowest BCUT2D eigenvalue weighted by atomic mass is 10.0. The van der Waals surface area contributed by atoms with Crippen LogP contribution in [-0.4, -0.2) is 40.9 Å². The average Bonchev–Trinajstić information content (AvgIpc) is 2.66. The van der Waals surface area contributed by atoms with Crippen molar-refractivity contribution in [2.75, 3.05) is 7.11 Å². The van der Waals surface area contributed by atoms with E-state index in [2.05, 4.69) is 10.3 Å². The standard InChI is InChI=1S/C21H26N2O5/c1-21(2,3)28-20(26)23-18(19(25)27-4)11-14-5-7-15(8-6-14)16-9-10-22-17(12-16)13-24/h5-10,12,18,24H,11,13H2,1-4H3,(H,23,26)/t18-/m0/s1. The molecule has 1 aromatic carbocycles. The molecule has 0 saturated heterocycles. The number of nitrogens with one attached hydrogen (secondary N) is 1. The zero-order chi connectivity index (χ0) is 20.7. The highest BCUT2D eigenvalue weighted by Crippen LogP contribution is 2.21. The molecular formula is C21H26N2O5. The summed E-state index contributed by atoms with van der Waals surface area (Å²) in [5.41, 5.74) is 2.67. The first-order valence-corrected chi connectivity index (χ1v) is 8.94. The third kappa shape index (κ3) is 6.35. The second kappa shape index (κ2) is 9.32. The molecule has 0 aliphatic heterocycles. The van der Waals surface area contributed by atoms with E-state index in [1.807, 2.05) is 36.4 Å². The van der Waals surface area contributed by atoms with Crippen molar-refractivity contribution in [2.24, 2.45) is 0 Å². The summed E-state index contributed by atoms with van der Waals surface area (Å²) in [7, 11) is 1.28. The van der Waals surface area contributed by atoms with Crippen LogP contribution in [0.25, 0.3) is 11.1 Å². The first-order chi connectivity index (χ1) is 13.2. The lowest BCUT2D eigenvalue weighted by molar-refractivity contribution is -0.143. The number of aliphatic hydroxyl groups is 1. The predicted octanol–water partition coefficient (Wildman–Crippen LogP) is 2.85. The van der Waals surface area contributed by atoms with Gasteiger partial charge in [0.15, 0.2) is 0 Å². The van der Waals surface area contributed by atoms with Gasteiger partial charge < -0.3 is 19.9 Å². The van der Waals surface area contributed by atoms with Crippen LogP contribution in [0.2, 0.25) is 0 Å². The lowest BCUT2D eigenvalue weighted by Crippen LogP contribution is -2.45. The molecule has 2 rings (SSSR count). The number of benzene rings is 1. The van der Waals surface area contributed by atoms with Crippen LogP contribution in [0.4, 0.5) is 4.79 Å². The van der Waals surface area contributed by atoms with Gasteiger partial charge >= 0.3 is 12.1 Å². The first kappa shape index (κ1) is 21.4. The van der Waals surface area contributed by atoms with Crippen LogP contribution in [-0.2, 0) is 27.3 Å². The van der Waals surface area contributed by atoms with Crippen molar-refractivity contribution in [1.82, 2.24) is 10.3 Å². The normalized spacial score (nSPS) is 12.2. The summed E-state index contributed by atoms with van der Waals surface area (Å²) in [5, 5.41) is 11.8. The Morgan fingerprint density at radius 3 is 2.39 bits per heavy atom.